The first-order valence-corrected chi connectivity index (χ1v) is 10.4. The van der Waals surface area contributed by atoms with Crippen LogP contribution in [0, 0.1) is 0 Å². The lowest BCUT2D eigenvalue weighted by molar-refractivity contribution is 0.415. The first kappa shape index (κ1) is 18.1. The molecule has 8 heteroatoms. The molecule has 0 aliphatic rings. The number of sulfone groups is 1. The van der Waals surface area contributed by atoms with Crippen molar-refractivity contribution in [2.75, 3.05) is 18.8 Å². The first-order valence-electron chi connectivity index (χ1n) is 7.65. The second-order valence-electron chi connectivity index (χ2n) is 5.48. The maximum atomic E-state index is 11.5. The van der Waals surface area contributed by atoms with Crippen LogP contribution in [0.3, 0.4) is 0 Å². The maximum Gasteiger partial charge on any atom is 0.203 e. The van der Waals surface area contributed by atoms with Crippen LogP contribution in [-0.4, -0.2) is 33.0 Å². The normalized spacial score (nSPS) is 11.6. The van der Waals surface area contributed by atoms with Crippen molar-refractivity contribution < 1.29 is 13.2 Å². The Bertz CT molecular complexity index is 1010. The molecule has 0 unspecified atom stereocenters. The van der Waals surface area contributed by atoms with E-state index in [2.05, 4.69) is 15.5 Å². The summed E-state index contributed by atoms with van der Waals surface area (Å²) < 4.78 is 28.1. The minimum Gasteiger partial charge on any atom is -0.497 e. The van der Waals surface area contributed by atoms with E-state index >= 15 is 0 Å². The van der Waals surface area contributed by atoms with Gasteiger partial charge < -0.3 is 4.74 Å². The van der Waals surface area contributed by atoms with Crippen LogP contribution in [-0.2, 0) is 9.84 Å². The highest BCUT2D eigenvalue weighted by molar-refractivity contribution is 7.90. The van der Waals surface area contributed by atoms with Gasteiger partial charge in [0.1, 0.15) is 5.75 Å². The minimum absolute atomic E-state index is 0.291. The molecule has 6 nitrogen and oxygen atoms in total. The summed E-state index contributed by atoms with van der Waals surface area (Å²) in [6, 6.07) is 14.2. The fourth-order valence-electron chi connectivity index (χ4n) is 2.18. The average molecular weight is 387 g/mol. The molecule has 0 aliphatic carbocycles. The number of aromatic nitrogens is 1. The average Bonchev–Trinajstić information content (AvgIpc) is 3.11. The van der Waals surface area contributed by atoms with Crippen LogP contribution in [0.4, 0.5) is 5.13 Å². The van der Waals surface area contributed by atoms with Gasteiger partial charge in [-0.15, -0.1) is 11.3 Å². The Kier molecular flexibility index (Phi) is 5.34. The molecule has 0 fully saturated rings. The first-order chi connectivity index (χ1) is 12.5. The molecule has 1 N–H and O–H groups in total. The Balaban J connectivity index is 1.66. The molecule has 0 radical (unpaired) electrons. The number of methoxy groups -OCH3 is 1. The molecule has 0 atom stereocenters. The van der Waals surface area contributed by atoms with Crippen molar-refractivity contribution in [1.29, 1.82) is 0 Å². The highest BCUT2D eigenvalue weighted by atomic mass is 32.2. The molecular formula is C18H17N3O3S2. The van der Waals surface area contributed by atoms with Crippen molar-refractivity contribution in [1.82, 2.24) is 4.98 Å². The molecule has 26 heavy (non-hydrogen) atoms. The molecule has 2 aromatic carbocycles. The fraction of sp³-hybridized carbons (Fsp3) is 0.111. The van der Waals surface area contributed by atoms with E-state index in [4.69, 9.17) is 4.74 Å². The maximum absolute atomic E-state index is 11.5. The SMILES string of the molecule is COc1ccc(/C=N/Nc2nc(-c3ccc(S(C)(=O)=O)cc3)cs2)cc1. The predicted octanol–water partition coefficient (Wildman–Crippen LogP) is 3.67. The summed E-state index contributed by atoms with van der Waals surface area (Å²) in [7, 11) is -1.57. The number of hydrogen-bond acceptors (Lipinski definition) is 7. The van der Waals surface area contributed by atoms with Crippen LogP contribution in [0.1, 0.15) is 5.56 Å². The third-order valence-corrected chi connectivity index (χ3v) is 5.45. The topological polar surface area (TPSA) is 80.7 Å². The summed E-state index contributed by atoms with van der Waals surface area (Å²) in [5, 5.41) is 6.71. The Morgan fingerprint density at radius 1 is 1.12 bits per heavy atom. The van der Waals surface area contributed by atoms with Crippen LogP contribution in [0.5, 0.6) is 5.75 Å². The zero-order chi connectivity index (χ0) is 18.6. The molecule has 3 aromatic rings. The summed E-state index contributed by atoms with van der Waals surface area (Å²) in [5.74, 6) is 0.793. The summed E-state index contributed by atoms with van der Waals surface area (Å²) in [5.41, 5.74) is 5.44. The molecule has 0 saturated heterocycles. The zero-order valence-corrected chi connectivity index (χ0v) is 15.8. The van der Waals surface area contributed by atoms with E-state index in [9.17, 15) is 8.42 Å². The Morgan fingerprint density at radius 2 is 1.81 bits per heavy atom. The van der Waals surface area contributed by atoms with E-state index < -0.39 is 9.84 Å². The Hall–Kier alpha value is -2.71. The second kappa shape index (κ2) is 7.67. The largest absolute Gasteiger partial charge is 0.497 e. The molecule has 0 bridgehead atoms. The molecule has 1 aromatic heterocycles. The quantitative estimate of drug-likeness (QED) is 0.516. The van der Waals surface area contributed by atoms with E-state index in [0.717, 1.165) is 22.6 Å². The van der Waals surface area contributed by atoms with E-state index in [1.165, 1.54) is 17.6 Å². The number of hydrazone groups is 1. The smallest absolute Gasteiger partial charge is 0.203 e. The molecule has 0 aliphatic heterocycles. The summed E-state index contributed by atoms with van der Waals surface area (Å²) >= 11 is 1.42. The van der Waals surface area contributed by atoms with Gasteiger partial charge in [-0.1, -0.05) is 12.1 Å². The molecule has 3 rings (SSSR count). The van der Waals surface area contributed by atoms with Gasteiger partial charge in [-0.25, -0.2) is 13.4 Å². The fourth-order valence-corrected chi connectivity index (χ4v) is 3.48. The number of hydrogen-bond donors (Lipinski definition) is 1. The number of benzene rings is 2. The van der Waals surface area contributed by atoms with E-state index in [1.807, 2.05) is 29.6 Å². The van der Waals surface area contributed by atoms with Gasteiger partial charge in [0.2, 0.25) is 5.13 Å². The van der Waals surface area contributed by atoms with Crippen LogP contribution in [0.2, 0.25) is 0 Å². The molecule has 134 valence electrons. The lowest BCUT2D eigenvalue weighted by atomic mass is 10.2. The van der Waals surface area contributed by atoms with Crippen molar-refractivity contribution in [2.24, 2.45) is 5.10 Å². The van der Waals surface area contributed by atoms with Crippen molar-refractivity contribution in [3.05, 3.63) is 59.5 Å². The highest BCUT2D eigenvalue weighted by Gasteiger charge is 2.08. The molecule has 0 saturated carbocycles. The van der Waals surface area contributed by atoms with E-state index in [0.29, 0.717) is 10.0 Å². The monoisotopic (exact) mass is 387 g/mol. The van der Waals surface area contributed by atoms with Crippen molar-refractivity contribution in [3.8, 4) is 17.0 Å². The van der Waals surface area contributed by atoms with Gasteiger partial charge in [0.25, 0.3) is 0 Å². The Morgan fingerprint density at radius 3 is 2.42 bits per heavy atom. The summed E-state index contributed by atoms with van der Waals surface area (Å²) in [6.07, 6.45) is 2.88. The number of thiazole rings is 1. The van der Waals surface area contributed by atoms with Crippen LogP contribution in [0.25, 0.3) is 11.3 Å². The van der Waals surface area contributed by atoms with Gasteiger partial charge in [-0.05, 0) is 42.0 Å². The van der Waals surface area contributed by atoms with Crippen LogP contribution in [0.15, 0.2) is 63.9 Å². The predicted molar refractivity (Wildman–Crippen MR) is 105 cm³/mol. The minimum atomic E-state index is -3.20. The van der Waals surface area contributed by atoms with Gasteiger partial charge in [0, 0.05) is 17.2 Å². The second-order valence-corrected chi connectivity index (χ2v) is 8.35. The van der Waals surface area contributed by atoms with Crippen molar-refractivity contribution in [2.45, 2.75) is 4.90 Å². The number of nitrogens with zero attached hydrogens (tertiary/aromatic N) is 2. The molecule has 1 heterocycles. The third-order valence-electron chi connectivity index (χ3n) is 3.57. The number of anilines is 1. The van der Waals surface area contributed by atoms with Crippen molar-refractivity contribution >= 4 is 32.5 Å². The number of rotatable bonds is 6. The van der Waals surface area contributed by atoms with Crippen LogP contribution >= 0.6 is 11.3 Å². The van der Waals surface area contributed by atoms with Crippen molar-refractivity contribution in [3.63, 3.8) is 0 Å². The van der Waals surface area contributed by atoms with E-state index in [1.54, 1.807) is 37.6 Å². The lowest BCUT2D eigenvalue weighted by Gasteiger charge is -2.00. The number of nitrogens with one attached hydrogen (secondary N) is 1. The van der Waals surface area contributed by atoms with Gasteiger partial charge in [0.05, 0.1) is 23.9 Å². The number of ether oxygens (including phenoxy) is 1. The third kappa shape index (κ3) is 4.47. The summed E-state index contributed by atoms with van der Waals surface area (Å²) in [6.45, 7) is 0. The summed E-state index contributed by atoms with van der Waals surface area (Å²) in [4.78, 5) is 4.75. The lowest BCUT2D eigenvalue weighted by Crippen LogP contribution is -1.96. The molecule has 0 amide bonds. The van der Waals surface area contributed by atoms with Gasteiger partial charge in [0.15, 0.2) is 9.84 Å². The van der Waals surface area contributed by atoms with Crippen LogP contribution < -0.4 is 10.2 Å². The standard InChI is InChI=1S/C18H17N3O3S2/c1-24-15-7-3-13(4-8-15)11-19-21-18-20-17(12-25-18)14-5-9-16(10-6-14)26(2,22)23/h3-12H,1-2H3,(H,20,21)/b19-11+. The zero-order valence-electron chi connectivity index (χ0n) is 14.2. The molecular weight excluding hydrogens is 370 g/mol. The van der Waals surface area contributed by atoms with E-state index in [-0.39, 0.29) is 0 Å². The van der Waals surface area contributed by atoms with Gasteiger partial charge >= 0.3 is 0 Å². The Labute approximate surface area is 156 Å². The van der Waals surface area contributed by atoms with Gasteiger partial charge in [-0.3, -0.25) is 5.43 Å². The van der Waals surface area contributed by atoms with Gasteiger partial charge in [-0.2, -0.15) is 5.10 Å². The highest BCUT2D eigenvalue weighted by Crippen LogP contribution is 2.25. The molecule has 0 spiro atoms.